The van der Waals surface area contributed by atoms with E-state index in [0.29, 0.717) is 11.8 Å². The molecule has 6 heteroatoms. The number of carbonyl (C=O) groups is 2. The summed E-state index contributed by atoms with van der Waals surface area (Å²) in [5.74, 6) is 1.49. The Morgan fingerprint density at radius 1 is 0.488 bits per heavy atom. The molecule has 0 heterocycles. The zero-order valence-electron chi connectivity index (χ0n) is 29.3. The summed E-state index contributed by atoms with van der Waals surface area (Å²) in [5.41, 5.74) is 0. The van der Waals surface area contributed by atoms with Crippen LogP contribution in [0.2, 0.25) is 0 Å². The van der Waals surface area contributed by atoms with Crippen molar-refractivity contribution in [3.05, 3.63) is 0 Å². The Labute approximate surface area is 276 Å². The predicted octanol–water partition coefficient (Wildman–Crippen LogP) is 12.1. The lowest BCUT2D eigenvalue weighted by molar-refractivity contribution is -0.142. The van der Waals surface area contributed by atoms with E-state index in [4.69, 9.17) is 0 Å². The van der Waals surface area contributed by atoms with Gasteiger partial charge >= 0.3 is 11.9 Å². The van der Waals surface area contributed by atoms with Crippen LogP contribution >= 0.6 is 23.5 Å². The van der Waals surface area contributed by atoms with E-state index in [-0.39, 0.29) is 22.3 Å². The standard InChI is InChI=1S/C37H72O4S2/c1-7-11-13-15-17-20-24-32(9-3)28-42-34(30(5)36(38)39)26-22-19-23-27-35(31(6)37(40)41)43-29-33(10-4)25-21-18-16-14-12-8-2/h30-35H,7-29H2,1-6H3,(H,38,39)(H,40,41). The summed E-state index contributed by atoms with van der Waals surface area (Å²) < 4.78 is 0. The number of unbranched alkanes of at least 4 members (excludes halogenated alkanes) is 12. The largest absolute Gasteiger partial charge is 0.481 e. The molecule has 4 nitrogen and oxygen atoms in total. The number of hydrogen-bond donors (Lipinski definition) is 2. The van der Waals surface area contributed by atoms with Crippen molar-refractivity contribution in [2.24, 2.45) is 23.7 Å². The summed E-state index contributed by atoms with van der Waals surface area (Å²) in [5, 5.41) is 19.8. The Bertz CT molecular complexity index is 605. The van der Waals surface area contributed by atoms with Gasteiger partial charge in [-0.2, -0.15) is 23.5 Å². The molecular weight excluding hydrogens is 573 g/mol. The summed E-state index contributed by atoms with van der Waals surface area (Å²) in [6, 6.07) is 0. The highest BCUT2D eigenvalue weighted by molar-refractivity contribution is 8.00. The van der Waals surface area contributed by atoms with Crippen molar-refractivity contribution in [1.29, 1.82) is 0 Å². The van der Waals surface area contributed by atoms with E-state index >= 15 is 0 Å². The van der Waals surface area contributed by atoms with Gasteiger partial charge < -0.3 is 10.2 Å². The molecule has 0 fully saturated rings. The topological polar surface area (TPSA) is 74.6 Å². The third-order valence-electron chi connectivity index (χ3n) is 9.55. The summed E-state index contributed by atoms with van der Waals surface area (Å²) in [7, 11) is 0. The van der Waals surface area contributed by atoms with E-state index in [1.165, 1.54) is 103 Å². The quantitative estimate of drug-likeness (QED) is 0.0710. The molecule has 0 amide bonds. The molecule has 2 N–H and O–H groups in total. The van der Waals surface area contributed by atoms with Crippen LogP contribution in [0, 0.1) is 23.7 Å². The van der Waals surface area contributed by atoms with Gasteiger partial charge in [-0.05, 0) is 49.0 Å². The SMILES string of the molecule is CCCCCCCCC(CC)CSC(CCCCCC(SCC(CC)CCCCCCCC)C(C)C(=O)O)C(C)C(=O)O. The van der Waals surface area contributed by atoms with Gasteiger partial charge in [-0.25, -0.2) is 0 Å². The van der Waals surface area contributed by atoms with E-state index in [0.717, 1.165) is 43.6 Å². The van der Waals surface area contributed by atoms with Crippen LogP contribution in [0.25, 0.3) is 0 Å². The minimum absolute atomic E-state index is 0.159. The third-order valence-corrected chi connectivity index (χ3v) is 13.0. The van der Waals surface area contributed by atoms with E-state index in [9.17, 15) is 19.8 Å². The lowest BCUT2D eigenvalue weighted by Crippen LogP contribution is -2.25. The number of rotatable bonds is 32. The molecule has 0 saturated heterocycles. The fourth-order valence-electron chi connectivity index (χ4n) is 5.90. The summed E-state index contributed by atoms with van der Waals surface area (Å²) in [4.78, 5) is 23.7. The van der Waals surface area contributed by atoms with E-state index in [1.54, 1.807) is 0 Å². The molecule has 0 radical (unpaired) electrons. The number of thioether (sulfide) groups is 2. The molecule has 0 aliphatic heterocycles. The van der Waals surface area contributed by atoms with Crippen LogP contribution in [0.4, 0.5) is 0 Å². The molecule has 43 heavy (non-hydrogen) atoms. The first-order valence-electron chi connectivity index (χ1n) is 18.4. The van der Waals surface area contributed by atoms with Crippen LogP contribution in [0.15, 0.2) is 0 Å². The third kappa shape index (κ3) is 22.7. The van der Waals surface area contributed by atoms with Crippen LogP contribution in [0.3, 0.4) is 0 Å². The average Bonchev–Trinajstić information content (AvgIpc) is 2.99. The molecule has 0 aliphatic rings. The lowest BCUT2D eigenvalue weighted by atomic mass is 9.99. The molecule has 0 spiro atoms. The van der Waals surface area contributed by atoms with Crippen LogP contribution in [0.5, 0.6) is 0 Å². The Morgan fingerprint density at radius 2 is 0.791 bits per heavy atom. The summed E-state index contributed by atoms with van der Waals surface area (Å²) >= 11 is 3.80. The molecule has 0 saturated carbocycles. The fourth-order valence-corrected chi connectivity index (χ4v) is 9.22. The minimum atomic E-state index is -0.681. The van der Waals surface area contributed by atoms with E-state index in [1.807, 2.05) is 37.4 Å². The van der Waals surface area contributed by atoms with Gasteiger partial charge in [0.1, 0.15) is 0 Å². The van der Waals surface area contributed by atoms with Gasteiger partial charge in [0.15, 0.2) is 0 Å². The van der Waals surface area contributed by atoms with Crippen molar-refractivity contribution < 1.29 is 19.8 Å². The van der Waals surface area contributed by atoms with Crippen LogP contribution in [0.1, 0.15) is 176 Å². The van der Waals surface area contributed by atoms with Crippen molar-refractivity contribution in [2.45, 2.75) is 187 Å². The molecule has 0 aromatic rings. The van der Waals surface area contributed by atoms with Crippen molar-refractivity contribution >= 4 is 35.5 Å². The van der Waals surface area contributed by atoms with Crippen LogP contribution in [-0.4, -0.2) is 44.2 Å². The number of carboxylic acid groups (broad SMARTS) is 2. The highest BCUT2D eigenvalue weighted by Gasteiger charge is 2.26. The van der Waals surface area contributed by atoms with E-state index < -0.39 is 11.9 Å². The molecule has 0 aromatic heterocycles. The summed E-state index contributed by atoms with van der Waals surface area (Å²) in [6.45, 7) is 12.8. The lowest BCUT2D eigenvalue weighted by Gasteiger charge is -2.25. The number of aliphatic carboxylic acids is 2. The van der Waals surface area contributed by atoms with Crippen molar-refractivity contribution in [2.75, 3.05) is 11.5 Å². The van der Waals surface area contributed by atoms with Gasteiger partial charge in [0.2, 0.25) is 0 Å². The van der Waals surface area contributed by atoms with Crippen molar-refractivity contribution in [3.8, 4) is 0 Å². The first-order chi connectivity index (χ1) is 20.7. The molecule has 0 bridgehead atoms. The van der Waals surface area contributed by atoms with Gasteiger partial charge in [0.25, 0.3) is 0 Å². The second-order valence-corrected chi connectivity index (χ2v) is 15.8. The Morgan fingerprint density at radius 3 is 1.12 bits per heavy atom. The van der Waals surface area contributed by atoms with Gasteiger partial charge in [0.05, 0.1) is 11.8 Å². The molecule has 256 valence electrons. The van der Waals surface area contributed by atoms with Gasteiger partial charge in [0, 0.05) is 10.5 Å². The molecular formula is C37H72O4S2. The Kier molecular flexibility index (Phi) is 28.8. The zero-order chi connectivity index (χ0) is 32.3. The number of hydrogen-bond acceptors (Lipinski definition) is 4. The molecule has 0 aliphatic carbocycles. The zero-order valence-corrected chi connectivity index (χ0v) is 30.9. The highest BCUT2D eigenvalue weighted by atomic mass is 32.2. The maximum Gasteiger partial charge on any atom is 0.307 e. The fraction of sp³-hybridized carbons (Fsp3) is 0.946. The molecule has 6 unspecified atom stereocenters. The van der Waals surface area contributed by atoms with Crippen LogP contribution < -0.4 is 0 Å². The second-order valence-electron chi connectivity index (χ2n) is 13.3. The Balaban J connectivity index is 4.66. The van der Waals surface area contributed by atoms with E-state index in [2.05, 4.69) is 27.7 Å². The van der Waals surface area contributed by atoms with Crippen LogP contribution in [-0.2, 0) is 9.59 Å². The van der Waals surface area contributed by atoms with Crippen molar-refractivity contribution in [1.82, 2.24) is 0 Å². The first kappa shape index (κ1) is 42.6. The highest BCUT2D eigenvalue weighted by Crippen LogP contribution is 2.32. The van der Waals surface area contributed by atoms with Gasteiger partial charge in [-0.1, -0.05) is 151 Å². The molecule has 0 aromatic carbocycles. The first-order valence-corrected chi connectivity index (χ1v) is 20.5. The maximum atomic E-state index is 11.9. The normalized spacial score (nSPS) is 16.0. The average molecular weight is 645 g/mol. The second kappa shape index (κ2) is 29.1. The molecule has 0 rings (SSSR count). The summed E-state index contributed by atoms with van der Waals surface area (Å²) in [6.07, 6.45) is 25.8. The maximum absolute atomic E-state index is 11.9. The molecule has 6 atom stereocenters. The minimum Gasteiger partial charge on any atom is -0.481 e. The predicted molar refractivity (Wildman–Crippen MR) is 193 cm³/mol. The Hall–Kier alpha value is -0.360. The number of carboxylic acids is 2. The van der Waals surface area contributed by atoms with Gasteiger partial charge in [-0.15, -0.1) is 0 Å². The van der Waals surface area contributed by atoms with Crippen molar-refractivity contribution in [3.63, 3.8) is 0 Å². The monoisotopic (exact) mass is 644 g/mol. The smallest absolute Gasteiger partial charge is 0.307 e. The van der Waals surface area contributed by atoms with Gasteiger partial charge in [-0.3, -0.25) is 9.59 Å².